The maximum Gasteiger partial charge on any atom is 0.244 e. The van der Waals surface area contributed by atoms with Crippen molar-refractivity contribution < 1.29 is 22.7 Å². The highest BCUT2D eigenvalue weighted by atomic mass is 32.2. The quantitative estimate of drug-likeness (QED) is 0.526. The maximum atomic E-state index is 12.1. The number of nitrogens with two attached hydrogens (primary N) is 1. The van der Waals surface area contributed by atoms with Crippen molar-refractivity contribution in [3.8, 4) is 11.5 Å². The summed E-state index contributed by atoms with van der Waals surface area (Å²) in [5, 5.41) is 0. The number of rotatable bonds is 8. The van der Waals surface area contributed by atoms with E-state index in [-0.39, 0.29) is 23.8 Å². The summed E-state index contributed by atoms with van der Waals surface area (Å²) in [4.78, 5) is 4.42. The molecule has 0 aliphatic heterocycles. The Balaban J connectivity index is 2.88. The minimum atomic E-state index is -3.64. The van der Waals surface area contributed by atoms with Gasteiger partial charge in [-0.25, -0.2) is 19.0 Å². The van der Waals surface area contributed by atoms with Crippen LogP contribution in [0.2, 0.25) is 0 Å². The van der Waals surface area contributed by atoms with Crippen LogP contribution in [0.3, 0.4) is 0 Å². The average molecular weight is 290 g/mol. The van der Waals surface area contributed by atoms with E-state index in [4.69, 9.17) is 15.4 Å². The van der Waals surface area contributed by atoms with E-state index < -0.39 is 10.0 Å². The summed E-state index contributed by atoms with van der Waals surface area (Å²) >= 11 is 0. The summed E-state index contributed by atoms with van der Waals surface area (Å²) in [6.07, 6.45) is 0.480. The van der Waals surface area contributed by atoms with Crippen LogP contribution >= 0.6 is 0 Å². The molecule has 108 valence electrons. The average Bonchev–Trinajstić information content (AvgIpc) is 2.42. The van der Waals surface area contributed by atoms with Gasteiger partial charge in [0.2, 0.25) is 10.0 Å². The minimum Gasteiger partial charge on any atom is -0.497 e. The SMILES string of the molecule is COc1ccc(S(=O)(=O)NCCCON)c(OC)c1. The van der Waals surface area contributed by atoms with Crippen LogP contribution in [0.1, 0.15) is 6.42 Å². The standard InChI is InChI=1S/C11H18N2O5S/c1-16-9-4-5-11(10(8-9)17-2)19(14,15)13-6-3-7-18-12/h4-5,8,13H,3,6-7,12H2,1-2H3. The Morgan fingerprint density at radius 2 is 2.00 bits per heavy atom. The molecule has 1 aromatic rings. The Labute approximate surface area is 112 Å². The predicted molar refractivity (Wildman–Crippen MR) is 69.5 cm³/mol. The fourth-order valence-corrected chi connectivity index (χ4v) is 2.66. The number of sulfonamides is 1. The fourth-order valence-electron chi connectivity index (χ4n) is 1.44. The highest BCUT2D eigenvalue weighted by molar-refractivity contribution is 7.89. The Kier molecular flexibility index (Phi) is 6.03. The molecule has 0 saturated carbocycles. The van der Waals surface area contributed by atoms with Gasteiger partial charge in [-0.15, -0.1) is 0 Å². The lowest BCUT2D eigenvalue weighted by Crippen LogP contribution is -2.26. The summed E-state index contributed by atoms with van der Waals surface area (Å²) < 4.78 is 36.6. The van der Waals surface area contributed by atoms with Crippen LogP contribution in [0, 0.1) is 0 Å². The molecule has 0 fully saturated rings. The zero-order chi connectivity index (χ0) is 14.3. The molecule has 0 aliphatic carbocycles. The van der Waals surface area contributed by atoms with Crippen LogP contribution in [0.25, 0.3) is 0 Å². The minimum absolute atomic E-state index is 0.0597. The molecule has 1 aromatic carbocycles. The Morgan fingerprint density at radius 3 is 2.58 bits per heavy atom. The Bertz CT molecular complexity index is 504. The van der Waals surface area contributed by atoms with Crippen LogP contribution in [0.15, 0.2) is 23.1 Å². The second kappa shape index (κ2) is 7.29. The van der Waals surface area contributed by atoms with Gasteiger partial charge in [0, 0.05) is 12.6 Å². The second-order valence-corrected chi connectivity index (χ2v) is 5.37. The van der Waals surface area contributed by atoms with Crippen molar-refractivity contribution in [3.63, 3.8) is 0 Å². The predicted octanol–water partition coefficient (Wildman–Crippen LogP) is 0.263. The summed E-state index contributed by atoms with van der Waals surface area (Å²) in [6, 6.07) is 4.50. The van der Waals surface area contributed by atoms with Crippen LogP contribution < -0.4 is 20.1 Å². The van der Waals surface area contributed by atoms with E-state index in [0.29, 0.717) is 12.2 Å². The van der Waals surface area contributed by atoms with Crippen molar-refractivity contribution >= 4 is 10.0 Å². The highest BCUT2D eigenvalue weighted by Gasteiger charge is 2.19. The molecule has 0 radical (unpaired) electrons. The first-order valence-electron chi connectivity index (χ1n) is 5.58. The van der Waals surface area contributed by atoms with Gasteiger partial charge in [0.15, 0.2) is 0 Å². The van der Waals surface area contributed by atoms with Crippen LogP contribution in [0.5, 0.6) is 11.5 Å². The van der Waals surface area contributed by atoms with E-state index in [1.54, 1.807) is 6.07 Å². The summed E-state index contributed by atoms with van der Waals surface area (Å²) in [5.41, 5.74) is 0. The largest absolute Gasteiger partial charge is 0.497 e. The van der Waals surface area contributed by atoms with Gasteiger partial charge in [-0.3, -0.25) is 0 Å². The highest BCUT2D eigenvalue weighted by Crippen LogP contribution is 2.28. The van der Waals surface area contributed by atoms with Gasteiger partial charge in [-0.05, 0) is 18.6 Å². The lowest BCUT2D eigenvalue weighted by molar-refractivity contribution is 0.136. The summed E-state index contributed by atoms with van der Waals surface area (Å²) in [5.74, 6) is 5.60. The fraction of sp³-hybridized carbons (Fsp3) is 0.455. The number of hydrogen-bond acceptors (Lipinski definition) is 6. The summed E-state index contributed by atoms with van der Waals surface area (Å²) in [6.45, 7) is 0.511. The van der Waals surface area contributed by atoms with Crippen molar-refractivity contribution in [1.82, 2.24) is 4.72 Å². The number of benzene rings is 1. The third kappa shape index (κ3) is 4.35. The molecule has 0 aromatic heterocycles. The van der Waals surface area contributed by atoms with Gasteiger partial charge in [0.25, 0.3) is 0 Å². The van der Waals surface area contributed by atoms with Gasteiger partial charge in [0.05, 0.1) is 20.8 Å². The molecule has 0 saturated heterocycles. The maximum absolute atomic E-state index is 12.1. The zero-order valence-electron chi connectivity index (χ0n) is 10.9. The molecule has 7 nitrogen and oxygen atoms in total. The van der Waals surface area contributed by atoms with Crippen LogP contribution in [0.4, 0.5) is 0 Å². The third-order valence-corrected chi connectivity index (χ3v) is 3.89. The van der Waals surface area contributed by atoms with Crippen LogP contribution in [-0.4, -0.2) is 35.8 Å². The smallest absolute Gasteiger partial charge is 0.244 e. The molecule has 0 amide bonds. The van der Waals surface area contributed by atoms with Gasteiger partial charge >= 0.3 is 0 Å². The van der Waals surface area contributed by atoms with Gasteiger partial charge in [0.1, 0.15) is 16.4 Å². The Morgan fingerprint density at radius 1 is 1.26 bits per heavy atom. The van der Waals surface area contributed by atoms with Crippen molar-refractivity contribution in [1.29, 1.82) is 0 Å². The van der Waals surface area contributed by atoms with E-state index in [0.717, 1.165) is 0 Å². The lowest BCUT2D eigenvalue weighted by Gasteiger charge is -2.11. The van der Waals surface area contributed by atoms with E-state index in [9.17, 15) is 8.42 Å². The molecule has 0 spiro atoms. The number of ether oxygens (including phenoxy) is 2. The number of methoxy groups -OCH3 is 2. The first-order chi connectivity index (χ1) is 9.05. The van der Waals surface area contributed by atoms with E-state index >= 15 is 0 Å². The van der Waals surface area contributed by atoms with E-state index in [1.807, 2.05) is 0 Å². The van der Waals surface area contributed by atoms with Crippen molar-refractivity contribution in [2.45, 2.75) is 11.3 Å². The molecular formula is C11H18N2O5S. The molecule has 0 bridgehead atoms. The normalized spacial score (nSPS) is 11.3. The van der Waals surface area contributed by atoms with Gasteiger partial charge in [-0.1, -0.05) is 0 Å². The van der Waals surface area contributed by atoms with Crippen LogP contribution in [-0.2, 0) is 14.9 Å². The van der Waals surface area contributed by atoms with E-state index in [2.05, 4.69) is 9.56 Å². The topological polar surface area (TPSA) is 99.9 Å². The molecule has 0 atom stereocenters. The molecule has 1 rings (SSSR count). The van der Waals surface area contributed by atoms with Gasteiger partial charge < -0.3 is 14.3 Å². The zero-order valence-corrected chi connectivity index (χ0v) is 11.7. The molecule has 19 heavy (non-hydrogen) atoms. The van der Waals surface area contributed by atoms with Crippen molar-refractivity contribution in [3.05, 3.63) is 18.2 Å². The molecular weight excluding hydrogens is 272 g/mol. The second-order valence-electron chi connectivity index (χ2n) is 3.64. The first-order valence-corrected chi connectivity index (χ1v) is 7.07. The first kappa shape index (κ1) is 15.7. The monoisotopic (exact) mass is 290 g/mol. The number of nitrogens with one attached hydrogen (secondary N) is 1. The number of hydrogen-bond donors (Lipinski definition) is 2. The summed E-state index contributed by atoms with van der Waals surface area (Å²) in [7, 11) is -0.742. The van der Waals surface area contributed by atoms with Crippen molar-refractivity contribution in [2.75, 3.05) is 27.4 Å². The van der Waals surface area contributed by atoms with E-state index in [1.165, 1.54) is 26.4 Å². The molecule has 8 heteroatoms. The van der Waals surface area contributed by atoms with Crippen molar-refractivity contribution in [2.24, 2.45) is 5.90 Å². The van der Waals surface area contributed by atoms with Gasteiger partial charge in [-0.2, -0.15) is 0 Å². The molecule has 0 aliphatic rings. The molecule has 3 N–H and O–H groups in total. The Hall–Kier alpha value is -1.35. The molecule has 0 unspecified atom stereocenters. The lowest BCUT2D eigenvalue weighted by atomic mass is 10.3. The third-order valence-electron chi connectivity index (χ3n) is 2.39. The molecule has 0 heterocycles.